The molecule has 1 amide bonds. The predicted octanol–water partition coefficient (Wildman–Crippen LogP) is 9.44. The van der Waals surface area contributed by atoms with Gasteiger partial charge in [0.05, 0.1) is 29.3 Å². The van der Waals surface area contributed by atoms with Crippen LogP contribution in [0.5, 0.6) is 0 Å². The average molecular weight is 624 g/mol. The van der Waals surface area contributed by atoms with Crippen molar-refractivity contribution in [1.29, 1.82) is 0 Å². The van der Waals surface area contributed by atoms with E-state index in [0.717, 1.165) is 12.1 Å². The fraction of sp³-hybridized carbons (Fsp3) is 0.500. The number of rotatable bonds is 6. The summed E-state index contributed by atoms with van der Waals surface area (Å²) < 4.78 is 132. The molecule has 2 aromatic carbocycles. The van der Waals surface area contributed by atoms with Gasteiger partial charge in [-0.15, -0.1) is 0 Å². The van der Waals surface area contributed by atoms with E-state index >= 15 is 0 Å². The standard InChI is InChI=1S/C30H30F9NO3/c1-16-25(17-9-21(29(34,35)36)12-22(10-17)30(37,38)39)43-26(41)40(16)14-19-13-27(2,3)8-7-24(19)23-6-5-20(28(31,32)33)11-18(23)15-42-4/h5-6,9-12,16,25H,7-8,13-15H2,1-4H3/t16-,25-/m0/s1. The Balaban J connectivity index is 1.74. The zero-order chi connectivity index (χ0) is 32.1. The van der Waals surface area contributed by atoms with Crippen LogP contribution in [-0.4, -0.2) is 30.7 Å². The normalized spacial score (nSPS) is 21.4. The fourth-order valence-corrected chi connectivity index (χ4v) is 5.74. The first-order valence-corrected chi connectivity index (χ1v) is 13.4. The molecular weight excluding hydrogens is 593 g/mol. The number of hydrogen-bond acceptors (Lipinski definition) is 3. The Morgan fingerprint density at radius 2 is 1.49 bits per heavy atom. The second-order valence-corrected chi connectivity index (χ2v) is 11.7. The lowest BCUT2D eigenvalue weighted by Crippen LogP contribution is -2.35. The quantitative estimate of drug-likeness (QED) is 0.301. The molecule has 1 heterocycles. The number of methoxy groups -OCH3 is 1. The lowest BCUT2D eigenvalue weighted by Gasteiger charge is -2.36. The molecule has 0 saturated carbocycles. The molecule has 1 aliphatic carbocycles. The summed E-state index contributed by atoms with van der Waals surface area (Å²) in [7, 11) is 1.35. The highest BCUT2D eigenvalue weighted by molar-refractivity contribution is 5.76. The first-order chi connectivity index (χ1) is 19.7. The van der Waals surface area contributed by atoms with Crippen molar-refractivity contribution >= 4 is 11.7 Å². The molecule has 0 N–H and O–H groups in total. The summed E-state index contributed by atoms with van der Waals surface area (Å²) in [4.78, 5) is 14.3. The van der Waals surface area contributed by atoms with E-state index in [1.165, 1.54) is 25.0 Å². The number of amides is 1. The molecule has 1 fully saturated rings. The van der Waals surface area contributed by atoms with Gasteiger partial charge in [-0.25, -0.2) is 4.79 Å². The number of halogens is 9. The van der Waals surface area contributed by atoms with Gasteiger partial charge < -0.3 is 9.47 Å². The molecule has 2 atom stereocenters. The molecule has 43 heavy (non-hydrogen) atoms. The Labute approximate surface area is 242 Å². The van der Waals surface area contributed by atoms with E-state index in [9.17, 15) is 44.3 Å². The van der Waals surface area contributed by atoms with E-state index in [-0.39, 0.29) is 24.6 Å². The number of benzene rings is 2. The van der Waals surface area contributed by atoms with Crippen LogP contribution in [0.3, 0.4) is 0 Å². The van der Waals surface area contributed by atoms with Gasteiger partial charge in [0.1, 0.15) is 6.10 Å². The summed E-state index contributed by atoms with van der Waals surface area (Å²) >= 11 is 0. The summed E-state index contributed by atoms with van der Waals surface area (Å²) in [5.74, 6) is 0. The van der Waals surface area contributed by atoms with Crippen molar-refractivity contribution in [2.75, 3.05) is 13.7 Å². The molecular formula is C30H30F9NO3. The molecule has 0 radical (unpaired) electrons. The lowest BCUT2D eigenvalue weighted by atomic mass is 9.72. The van der Waals surface area contributed by atoms with Gasteiger partial charge in [-0.3, -0.25) is 4.90 Å². The third-order valence-electron chi connectivity index (χ3n) is 7.92. The first-order valence-electron chi connectivity index (χ1n) is 13.4. The molecule has 2 aliphatic rings. The van der Waals surface area contributed by atoms with Gasteiger partial charge in [-0.1, -0.05) is 19.9 Å². The minimum Gasteiger partial charge on any atom is -0.439 e. The van der Waals surface area contributed by atoms with Gasteiger partial charge in [0, 0.05) is 13.7 Å². The third-order valence-corrected chi connectivity index (χ3v) is 7.92. The van der Waals surface area contributed by atoms with Crippen LogP contribution >= 0.6 is 0 Å². The molecule has 0 spiro atoms. The van der Waals surface area contributed by atoms with Crippen LogP contribution in [0.4, 0.5) is 44.3 Å². The maximum absolute atomic E-state index is 13.5. The second kappa shape index (κ2) is 11.4. The van der Waals surface area contributed by atoms with Crippen LogP contribution in [0, 0.1) is 5.41 Å². The zero-order valence-corrected chi connectivity index (χ0v) is 23.7. The predicted molar refractivity (Wildman–Crippen MR) is 139 cm³/mol. The van der Waals surface area contributed by atoms with Gasteiger partial charge in [0.15, 0.2) is 0 Å². The van der Waals surface area contributed by atoms with Crippen molar-refractivity contribution < 1.29 is 53.8 Å². The van der Waals surface area contributed by atoms with E-state index < -0.39 is 59.0 Å². The fourth-order valence-electron chi connectivity index (χ4n) is 5.74. The van der Waals surface area contributed by atoms with E-state index in [2.05, 4.69) is 0 Å². The van der Waals surface area contributed by atoms with E-state index in [1.807, 2.05) is 13.8 Å². The summed E-state index contributed by atoms with van der Waals surface area (Å²) in [6.07, 6.45) is -15.5. The van der Waals surface area contributed by atoms with E-state index in [1.54, 1.807) is 0 Å². The van der Waals surface area contributed by atoms with Crippen LogP contribution < -0.4 is 0 Å². The Hall–Kier alpha value is -3.22. The van der Waals surface area contributed by atoms with Crippen molar-refractivity contribution in [3.05, 3.63) is 75.4 Å². The number of nitrogens with zero attached hydrogens (tertiary/aromatic N) is 1. The van der Waals surface area contributed by atoms with Gasteiger partial charge in [-0.05, 0) is 89.8 Å². The minimum atomic E-state index is -5.07. The maximum Gasteiger partial charge on any atom is 0.416 e. The number of hydrogen-bond donors (Lipinski definition) is 0. The topological polar surface area (TPSA) is 38.8 Å². The lowest BCUT2D eigenvalue weighted by molar-refractivity contribution is -0.143. The van der Waals surface area contributed by atoms with E-state index in [4.69, 9.17) is 9.47 Å². The van der Waals surface area contributed by atoms with Gasteiger partial charge in [0.25, 0.3) is 0 Å². The summed E-state index contributed by atoms with van der Waals surface area (Å²) in [6, 6.07) is 3.47. The van der Waals surface area contributed by atoms with Crippen molar-refractivity contribution in [3.63, 3.8) is 0 Å². The number of alkyl halides is 9. The monoisotopic (exact) mass is 623 g/mol. The van der Waals surface area contributed by atoms with Gasteiger partial charge in [-0.2, -0.15) is 39.5 Å². The highest BCUT2D eigenvalue weighted by Gasteiger charge is 2.44. The summed E-state index contributed by atoms with van der Waals surface area (Å²) in [5, 5.41) is 0. The third kappa shape index (κ3) is 7.13. The Morgan fingerprint density at radius 1 is 0.907 bits per heavy atom. The summed E-state index contributed by atoms with van der Waals surface area (Å²) in [5.41, 5.74) is -2.36. The molecule has 0 aromatic heterocycles. The zero-order valence-electron chi connectivity index (χ0n) is 23.7. The highest BCUT2D eigenvalue weighted by atomic mass is 19.4. The van der Waals surface area contributed by atoms with Gasteiger partial charge >= 0.3 is 24.6 Å². The molecule has 4 nitrogen and oxygen atoms in total. The van der Waals surface area contributed by atoms with Crippen LogP contribution in [0.25, 0.3) is 5.57 Å². The van der Waals surface area contributed by atoms with Crippen molar-refractivity contribution in [1.82, 2.24) is 4.90 Å². The molecule has 1 saturated heterocycles. The number of carbonyl (C=O) groups excluding carboxylic acids is 1. The SMILES string of the molecule is COCc1cc(C(F)(F)F)ccc1C1=C(CN2C(=O)O[C@H](c3cc(C(F)(F)F)cc(C(F)(F)F)c3)[C@@H]2C)CC(C)(C)CC1. The molecule has 236 valence electrons. The van der Waals surface area contributed by atoms with Gasteiger partial charge in [0.2, 0.25) is 0 Å². The van der Waals surface area contributed by atoms with Crippen molar-refractivity contribution in [2.45, 2.75) is 77.3 Å². The van der Waals surface area contributed by atoms with Crippen LogP contribution in [-0.2, 0) is 34.6 Å². The highest BCUT2D eigenvalue weighted by Crippen LogP contribution is 2.46. The van der Waals surface area contributed by atoms with Crippen molar-refractivity contribution in [3.8, 4) is 0 Å². The molecule has 0 unspecified atom stereocenters. The minimum absolute atomic E-state index is 0.00552. The Bertz CT molecular complexity index is 1370. The van der Waals surface area contributed by atoms with Crippen LogP contribution in [0.1, 0.15) is 79.5 Å². The molecule has 13 heteroatoms. The van der Waals surface area contributed by atoms with Crippen LogP contribution in [0.15, 0.2) is 42.0 Å². The summed E-state index contributed by atoms with van der Waals surface area (Å²) in [6.45, 7) is 5.26. The molecule has 0 bridgehead atoms. The average Bonchev–Trinajstić information content (AvgIpc) is 3.15. The first kappa shape index (κ1) is 32.7. The number of carbonyl (C=O) groups is 1. The Morgan fingerprint density at radius 3 is 2.02 bits per heavy atom. The maximum atomic E-state index is 13.5. The smallest absolute Gasteiger partial charge is 0.416 e. The molecule has 4 rings (SSSR count). The van der Waals surface area contributed by atoms with E-state index in [0.29, 0.717) is 53.7 Å². The number of cyclic esters (lactones) is 1. The molecule has 1 aliphatic heterocycles. The Kier molecular flexibility index (Phi) is 8.64. The van der Waals surface area contributed by atoms with Crippen molar-refractivity contribution in [2.24, 2.45) is 5.41 Å². The number of allylic oxidation sites excluding steroid dienone is 1. The second-order valence-electron chi connectivity index (χ2n) is 11.7. The van der Waals surface area contributed by atoms with Crippen LogP contribution in [0.2, 0.25) is 0 Å². The number of ether oxygens (including phenoxy) is 2. The largest absolute Gasteiger partial charge is 0.439 e. The molecule has 2 aromatic rings.